The average molecular weight is 340 g/mol. The lowest BCUT2D eigenvalue weighted by Crippen LogP contribution is -2.42. The summed E-state index contributed by atoms with van der Waals surface area (Å²) in [6, 6.07) is 5.43. The Morgan fingerprint density at radius 2 is 1.92 bits per heavy atom. The monoisotopic (exact) mass is 340 g/mol. The van der Waals surface area contributed by atoms with E-state index in [2.05, 4.69) is 10.1 Å². The van der Waals surface area contributed by atoms with E-state index in [4.69, 9.17) is 0 Å². The fourth-order valence-electron chi connectivity index (χ4n) is 3.29. The number of halogens is 3. The number of likely N-dealkylation sites (tertiary alicyclic amines) is 1. The van der Waals surface area contributed by atoms with Gasteiger partial charge in [0.2, 0.25) is 5.91 Å². The van der Waals surface area contributed by atoms with Crippen LogP contribution in [0.3, 0.4) is 0 Å². The molecule has 0 unspecified atom stereocenters. The highest BCUT2D eigenvalue weighted by Crippen LogP contribution is 2.27. The molecular formula is C17H19F3N2O2. The fourth-order valence-corrected chi connectivity index (χ4v) is 3.29. The Kier molecular flexibility index (Phi) is 4.80. The molecule has 2 saturated heterocycles. The molecular weight excluding hydrogens is 321 g/mol. The maximum absolute atomic E-state index is 12.3. The molecule has 2 aliphatic heterocycles. The number of fused-ring (bicyclic) bond motifs is 1. The van der Waals surface area contributed by atoms with E-state index in [9.17, 15) is 18.0 Å². The number of hydrogen-bond acceptors (Lipinski definition) is 3. The Bertz CT molecular complexity index is 613. The molecule has 24 heavy (non-hydrogen) atoms. The van der Waals surface area contributed by atoms with Crippen LogP contribution < -0.4 is 10.1 Å². The Labute approximate surface area is 138 Å². The largest absolute Gasteiger partial charge is 0.573 e. The zero-order valence-electron chi connectivity index (χ0n) is 13.1. The minimum Gasteiger partial charge on any atom is -0.406 e. The number of alkyl halides is 3. The zero-order chi connectivity index (χ0) is 17.2. The molecule has 0 aromatic heterocycles. The van der Waals surface area contributed by atoms with Crippen LogP contribution >= 0.6 is 0 Å². The van der Waals surface area contributed by atoms with Gasteiger partial charge in [-0.2, -0.15) is 0 Å². The predicted molar refractivity (Wildman–Crippen MR) is 83.2 cm³/mol. The summed E-state index contributed by atoms with van der Waals surface area (Å²) in [5.74, 6) is 0.854. The van der Waals surface area contributed by atoms with Gasteiger partial charge in [0.15, 0.2) is 0 Å². The van der Waals surface area contributed by atoms with Gasteiger partial charge >= 0.3 is 6.36 Å². The van der Waals surface area contributed by atoms with Gasteiger partial charge in [-0.3, -0.25) is 4.79 Å². The van der Waals surface area contributed by atoms with Gasteiger partial charge in [-0.1, -0.05) is 12.1 Å². The second-order valence-corrected chi connectivity index (χ2v) is 6.20. The number of nitrogens with one attached hydrogen (secondary N) is 1. The van der Waals surface area contributed by atoms with Crippen LogP contribution in [0.1, 0.15) is 12.0 Å². The molecule has 1 aromatic rings. The summed E-state index contributed by atoms with van der Waals surface area (Å²) < 4.78 is 40.1. The first-order valence-corrected chi connectivity index (χ1v) is 7.94. The van der Waals surface area contributed by atoms with Gasteiger partial charge < -0.3 is 15.0 Å². The molecule has 0 saturated carbocycles. The molecule has 3 rings (SSSR count). The number of carbonyl (C=O) groups excluding carboxylic acids is 1. The van der Waals surface area contributed by atoms with E-state index in [1.807, 2.05) is 4.90 Å². The quantitative estimate of drug-likeness (QED) is 0.860. The third kappa shape index (κ3) is 4.29. The van der Waals surface area contributed by atoms with Crippen LogP contribution in [0.5, 0.6) is 5.75 Å². The third-order valence-corrected chi connectivity index (χ3v) is 4.55. The molecule has 1 amide bonds. The van der Waals surface area contributed by atoms with Crippen LogP contribution in [-0.2, 0) is 4.79 Å². The van der Waals surface area contributed by atoms with E-state index in [0.29, 0.717) is 17.4 Å². The molecule has 0 radical (unpaired) electrons. The summed E-state index contributed by atoms with van der Waals surface area (Å²) in [6.45, 7) is 3.51. The topological polar surface area (TPSA) is 41.6 Å². The Balaban J connectivity index is 1.56. The van der Waals surface area contributed by atoms with Crippen molar-refractivity contribution >= 4 is 12.0 Å². The van der Waals surface area contributed by atoms with Crippen LogP contribution in [0.2, 0.25) is 0 Å². The lowest BCUT2D eigenvalue weighted by Gasteiger charge is -2.33. The molecule has 1 aromatic carbocycles. The van der Waals surface area contributed by atoms with Gasteiger partial charge in [0.05, 0.1) is 0 Å². The van der Waals surface area contributed by atoms with Gasteiger partial charge in [0, 0.05) is 19.2 Å². The number of piperidine rings is 1. The van der Waals surface area contributed by atoms with Crippen LogP contribution in [0.15, 0.2) is 30.3 Å². The molecule has 7 heteroatoms. The summed E-state index contributed by atoms with van der Waals surface area (Å²) in [5.41, 5.74) is 0.648. The van der Waals surface area contributed by atoms with Gasteiger partial charge in [-0.15, -0.1) is 13.2 Å². The molecule has 4 nitrogen and oxygen atoms in total. The van der Waals surface area contributed by atoms with E-state index >= 15 is 0 Å². The number of carbonyl (C=O) groups is 1. The minimum absolute atomic E-state index is 0.0593. The van der Waals surface area contributed by atoms with Crippen LogP contribution in [0, 0.1) is 11.8 Å². The van der Waals surface area contributed by atoms with Gasteiger partial charge in [-0.25, -0.2) is 0 Å². The zero-order valence-corrected chi connectivity index (χ0v) is 13.1. The summed E-state index contributed by atoms with van der Waals surface area (Å²) >= 11 is 0. The molecule has 2 aliphatic rings. The van der Waals surface area contributed by atoms with E-state index in [-0.39, 0.29) is 11.7 Å². The molecule has 0 aliphatic carbocycles. The lowest BCUT2D eigenvalue weighted by atomic mass is 9.88. The maximum atomic E-state index is 12.3. The van der Waals surface area contributed by atoms with Crippen molar-refractivity contribution in [2.24, 2.45) is 11.8 Å². The van der Waals surface area contributed by atoms with Crippen LogP contribution in [-0.4, -0.2) is 43.3 Å². The highest BCUT2D eigenvalue weighted by Gasteiger charge is 2.34. The molecule has 0 bridgehead atoms. The van der Waals surface area contributed by atoms with Crippen molar-refractivity contribution in [2.45, 2.75) is 12.8 Å². The van der Waals surface area contributed by atoms with Gasteiger partial charge in [0.1, 0.15) is 5.75 Å². The first-order chi connectivity index (χ1) is 11.4. The minimum atomic E-state index is -4.70. The average Bonchev–Trinajstić information content (AvgIpc) is 3.00. The summed E-state index contributed by atoms with van der Waals surface area (Å²) in [5, 5.41) is 3.36. The molecule has 2 heterocycles. The number of hydrogen-bond donors (Lipinski definition) is 1. The van der Waals surface area contributed by atoms with E-state index in [0.717, 1.165) is 32.6 Å². The predicted octanol–water partition coefficient (Wildman–Crippen LogP) is 2.67. The van der Waals surface area contributed by atoms with Crippen molar-refractivity contribution in [3.05, 3.63) is 35.9 Å². The second kappa shape index (κ2) is 6.84. The van der Waals surface area contributed by atoms with Crippen molar-refractivity contribution in [1.29, 1.82) is 0 Å². The SMILES string of the molecule is O=C(/C=C/c1ccc(OC(F)(F)F)cc1)N1CC[C@@H]2CNC[C@H]2C1. The third-order valence-electron chi connectivity index (χ3n) is 4.55. The number of benzene rings is 1. The number of rotatable bonds is 3. The van der Waals surface area contributed by atoms with E-state index < -0.39 is 6.36 Å². The van der Waals surface area contributed by atoms with Crippen molar-refractivity contribution in [3.8, 4) is 5.75 Å². The Morgan fingerprint density at radius 3 is 2.62 bits per heavy atom. The first kappa shape index (κ1) is 16.8. The number of nitrogens with zero attached hydrogens (tertiary/aromatic N) is 1. The lowest BCUT2D eigenvalue weighted by molar-refractivity contribution is -0.274. The molecule has 2 fully saturated rings. The van der Waals surface area contributed by atoms with E-state index in [1.54, 1.807) is 6.08 Å². The smallest absolute Gasteiger partial charge is 0.406 e. The number of amides is 1. The Morgan fingerprint density at radius 1 is 1.21 bits per heavy atom. The molecule has 1 N–H and O–H groups in total. The van der Waals surface area contributed by atoms with Crippen molar-refractivity contribution in [1.82, 2.24) is 10.2 Å². The standard InChI is InChI=1S/C17H19F3N2O2/c18-17(19,20)24-15-4-1-12(2-5-15)3-6-16(23)22-8-7-13-9-21-10-14(13)11-22/h1-6,13-14,21H,7-11H2/b6-3+/t13-,14+/m1/s1. The molecule has 130 valence electrons. The van der Waals surface area contributed by atoms with Crippen molar-refractivity contribution < 1.29 is 22.7 Å². The van der Waals surface area contributed by atoms with E-state index in [1.165, 1.54) is 30.3 Å². The van der Waals surface area contributed by atoms with Crippen molar-refractivity contribution in [2.75, 3.05) is 26.2 Å². The molecule has 0 spiro atoms. The second-order valence-electron chi connectivity index (χ2n) is 6.20. The number of ether oxygens (including phenoxy) is 1. The fraction of sp³-hybridized carbons (Fsp3) is 0.471. The van der Waals surface area contributed by atoms with Gasteiger partial charge in [-0.05, 0) is 55.1 Å². The van der Waals surface area contributed by atoms with Crippen molar-refractivity contribution in [3.63, 3.8) is 0 Å². The first-order valence-electron chi connectivity index (χ1n) is 7.94. The van der Waals surface area contributed by atoms with Crippen LogP contribution in [0.4, 0.5) is 13.2 Å². The highest BCUT2D eigenvalue weighted by atomic mass is 19.4. The summed E-state index contributed by atoms with van der Waals surface area (Å²) in [4.78, 5) is 14.1. The van der Waals surface area contributed by atoms with Gasteiger partial charge in [0.25, 0.3) is 0 Å². The van der Waals surface area contributed by atoms with Crippen LogP contribution in [0.25, 0.3) is 6.08 Å². The Hall–Kier alpha value is -2.02. The normalized spacial score (nSPS) is 24.2. The summed E-state index contributed by atoms with van der Waals surface area (Å²) in [6.07, 6.45) is -0.601. The summed E-state index contributed by atoms with van der Waals surface area (Å²) in [7, 11) is 0. The molecule has 2 atom stereocenters. The maximum Gasteiger partial charge on any atom is 0.573 e. The highest BCUT2D eigenvalue weighted by molar-refractivity contribution is 5.91.